The molecule has 0 atom stereocenters. The molecule has 112 valence electrons. The second-order valence-electron chi connectivity index (χ2n) is 4.13. The molecule has 0 aliphatic carbocycles. The molecule has 0 fully saturated rings. The number of aromatic nitrogens is 6. The second kappa shape index (κ2) is 6.35. The predicted molar refractivity (Wildman–Crippen MR) is 78.5 cm³/mol. The number of hydrogen-bond acceptors (Lipinski definition) is 9. The minimum absolute atomic E-state index is 0.117. The zero-order chi connectivity index (χ0) is 15.4. The molecule has 0 aliphatic rings. The van der Waals surface area contributed by atoms with Gasteiger partial charge in [-0.2, -0.15) is 19.6 Å². The van der Waals surface area contributed by atoms with E-state index in [1.165, 1.54) is 11.0 Å². The van der Waals surface area contributed by atoms with E-state index in [4.69, 9.17) is 5.73 Å². The summed E-state index contributed by atoms with van der Waals surface area (Å²) in [6, 6.07) is 0. The van der Waals surface area contributed by atoms with Gasteiger partial charge in [0.1, 0.15) is 6.33 Å². The van der Waals surface area contributed by atoms with Crippen LogP contribution in [0.4, 0.5) is 11.9 Å². The molecule has 0 aliphatic heterocycles. The number of rotatable bonds is 6. The lowest BCUT2D eigenvalue weighted by atomic mass is 10.7. The molecule has 2 rings (SSSR count). The molecular weight excluding hydrogens is 294 g/mol. The number of nitrogens with one attached hydrogen (secondary N) is 1. The smallest absolute Gasteiger partial charge is 0.258 e. The van der Waals surface area contributed by atoms with E-state index < -0.39 is 5.91 Å². The predicted octanol–water partition coefficient (Wildman–Crippen LogP) is -0.863. The third kappa shape index (κ3) is 3.78. The van der Waals surface area contributed by atoms with Crippen LogP contribution in [0.15, 0.2) is 11.5 Å². The first-order valence-corrected chi connectivity index (χ1v) is 6.92. The summed E-state index contributed by atoms with van der Waals surface area (Å²) in [5.74, 6) is 0.934. The van der Waals surface area contributed by atoms with E-state index in [9.17, 15) is 4.79 Å². The molecule has 0 spiro atoms. The first-order valence-electron chi connectivity index (χ1n) is 5.94. The minimum Gasteiger partial charge on any atom is -0.369 e. The van der Waals surface area contributed by atoms with Crippen molar-refractivity contribution in [2.75, 3.05) is 37.1 Å². The second-order valence-corrected chi connectivity index (χ2v) is 5.07. The van der Waals surface area contributed by atoms with Crippen LogP contribution in [0.25, 0.3) is 5.95 Å². The number of carbonyl (C=O) groups excluding carboxylic acids is 1. The van der Waals surface area contributed by atoms with E-state index in [-0.39, 0.29) is 5.75 Å². The molecule has 0 saturated carbocycles. The highest BCUT2D eigenvalue weighted by molar-refractivity contribution is 7.99. The van der Waals surface area contributed by atoms with Gasteiger partial charge in [-0.3, -0.25) is 4.79 Å². The highest BCUT2D eigenvalue weighted by Crippen LogP contribution is 2.14. The van der Waals surface area contributed by atoms with E-state index in [0.717, 1.165) is 11.8 Å². The minimum atomic E-state index is -0.427. The van der Waals surface area contributed by atoms with Gasteiger partial charge in [-0.1, -0.05) is 11.8 Å². The summed E-state index contributed by atoms with van der Waals surface area (Å²) in [5.41, 5.74) is 5.08. The fourth-order valence-electron chi connectivity index (χ4n) is 1.31. The Balaban J connectivity index is 2.28. The van der Waals surface area contributed by atoms with Gasteiger partial charge in [0.2, 0.25) is 23.0 Å². The van der Waals surface area contributed by atoms with Crippen LogP contribution in [0.1, 0.15) is 0 Å². The molecule has 0 bridgehead atoms. The first kappa shape index (κ1) is 15.0. The Labute approximate surface area is 125 Å². The largest absolute Gasteiger partial charge is 0.369 e. The molecular formula is C10H15N9OS. The van der Waals surface area contributed by atoms with E-state index in [2.05, 4.69) is 30.4 Å². The zero-order valence-corrected chi connectivity index (χ0v) is 12.6. The number of thioether (sulfide) groups is 1. The molecule has 2 heterocycles. The Morgan fingerprint density at radius 2 is 2.19 bits per heavy atom. The van der Waals surface area contributed by atoms with Crippen LogP contribution in [0.3, 0.4) is 0 Å². The van der Waals surface area contributed by atoms with Crippen molar-refractivity contribution in [3.05, 3.63) is 6.33 Å². The SMILES string of the molecule is CNc1nc(N(C)C)nc(-n2cnc(SCC(N)=O)n2)n1. The summed E-state index contributed by atoms with van der Waals surface area (Å²) >= 11 is 1.15. The van der Waals surface area contributed by atoms with Crippen LogP contribution in [-0.4, -0.2) is 62.5 Å². The normalized spacial score (nSPS) is 10.4. The lowest BCUT2D eigenvalue weighted by Crippen LogP contribution is -2.17. The van der Waals surface area contributed by atoms with Crippen molar-refractivity contribution in [2.45, 2.75) is 5.16 Å². The number of amides is 1. The Morgan fingerprint density at radius 3 is 2.81 bits per heavy atom. The number of anilines is 2. The Kier molecular flexibility index (Phi) is 4.52. The van der Waals surface area contributed by atoms with Gasteiger partial charge in [-0.25, -0.2) is 4.98 Å². The lowest BCUT2D eigenvalue weighted by Gasteiger charge is -2.11. The van der Waals surface area contributed by atoms with Crippen LogP contribution < -0.4 is 16.0 Å². The summed E-state index contributed by atoms with van der Waals surface area (Å²) in [7, 11) is 5.37. The van der Waals surface area contributed by atoms with Crippen LogP contribution in [-0.2, 0) is 4.79 Å². The van der Waals surface area contributed by atoms with Gasteiger partial charge in [0.25, 0.3) is 5.95 Å². The van der Waals surface area contributed by atoms with Gasteiger partial charge in [-0.15, -0.1) is 5.10 Å². The highest BCUT2D eigenvalue weighted by Gasteiger charge is 2.11. The average molecular weight is 309 g/mol. The number of hydrogen-bond donors (Lipinski definition) is 2. The molecule has 0 saturated heterocycles. The highest BCUT2D eigenvalue weighted by atomic mass is 32.2. The zero-order valence-electron chi connectivity index (χ0n) is 11.8. The van der Waals surface area contributed by atoms with Crippen molar-refractivity contribution in [1.29, 1.82) is 0 Å². The molecule has 2 aromatic heterocycles. The molecule has 0 radical (unpaired) electrons. The Bertz CT molecular complexity index is 641. The average Bonchev–Trinajstić information content (AvgIpc) is 2.93. The quantitative estimate of drug-likeness (QED) is 0.655. The summed E-state index contributed by atoms with van der Waals surface area (Å²) in [6.45, 7) is 0. The fourth-order valence-corrected chi connectivity index (χ4v) is 1.85. The van der Waals surface area contributed by atoms with E-state index in [1.54, 1.807) is 11.9 Å². The number of carbonyl (C=O) groups is 1. The molecule has 11 heteroatoms. The number of nitrogens with two attached hydrogens (primary N) is 1. The monoisotopic (exact) mass is 309 g/mol. The molecule has 3 N–H and O–H groups in total. The van der Waals surface area contributed by atoms with Crippen molar-refractivity contribution in [1.82, 2.24) is 29.7 Å². The molecule has 0 unspecified atom stereocenters. The summed E-state index contributed by atoms with van der Waals surface area (Å²) < 4.78 is 1.42. The summed E-state index contributed by atoms with van der Waals surface area (Å²) in [6.07, 6.45) is 1.47. The van der Waals surface area contributed by atoms with Gasteiger partial charge in [0.05, 0.1) is 5.75 Å². The third-order valence-corrected chi connectivity index (χ3v) is 3.13. The van der Waals surface area contributed by atoms with Crippen molar-refractivity contribution < 1.29 is 4.79 Å². The Hall–Kier alpha value is -2.43. The van der Waals surface area contributed by atoms with Crippen molar-refractivity contribution >= 4 is 29.6 Å². The molecule has 10 nitrogen and oxygen atoms in total. The fraction of sp³-hybridized carbons (Fsp3) is 0.400. The maximum atomic E-state index is 10.7. The van der Waals surface area contributed by atoms with Crippen molar-refractivity contribution in [2.24, 2.45) is 5.73 Å². The molecule has 0 aromatic carbocycles. The molecule has 2 aromatic rings. The van der Waals surface area contributed by atoms with Gasteiger partial charge >= 0.3 is 0 Å². The van der Waals surface area contributed by atoms with Crippen LogP contribution in [0, 0.1) is 0 Å². The number of nitrogens with zero attached hydrogens (tertiary/aromatic N) is 7. The van der Waals surface area contributed by atoms with Gasteiger partial charge in [0.15, 0.2) is 0 Å². The first-order chi connectivity index (χ1) is 9.99. The van der Waals surface area contributed by atoms with Gasteiger partial charge < -0.3 is 16.0 Å². The van der Waals surface area contributed by atoms with Crippen LogP contribution >= 0.6 is 11.8 Å². The van der Waals surface area contributed by atoms with Crippen molar-refractivity contribution in [3.8, 4) is 5.95 Å². The van der Waals surface area contributed by atoms with Gasteiger partial charge in [-0.05, 0) is 0 Å². The molecule has 1 amide bonds. The summed E-state index contributed by atoms with van der Waals surface area (Å²) in [5, 5.41) is 7.48. The van der Waals surface area contributed by atoms with Crippen molar-refractivity contribution in [3.63, 3.8) is 0 Å². The van der Waals surface area contributed by atoms with Crippen LogP contribution in [0.5, 0.6) is 0 Å². The van der Waals surface area contributed by atoms with Crippen LogP contribution in [0.2, 0.25) is 0 Å². The maximum absolute atomic E-state index is 10.7. The number of primary amides is 1. The third-order valence-electron chi connectivity index (χ3n) is 2.25. The molecule has 21 heavy (non-hydrogen) atoms. The maximum Gasteiger partial charge on any atom is 0.258 e. The summed E-state index contributed by atoms with van der Waals surface area (Å²) in [4.78, 5) is 29.3. The van der Waals surface area contributed by atoms with E-state index >= 15 is 0 Å². The van der Waals surface area contributed by atoms with E-state index in [0.29, 0.717) is 23.0 Å². The Morgan fingerprint density at radius 1 is 1.43 bits per heavy atom. The topological polar surface area (TPSA) is 128 Å². The van der Waals surface area contributed by atoms with E-state index in [1.807, 2.05) is 14.1 Å². The lowest BCUT2D eigenvalue weighted by molar-refractivity contribution is -0.115. The standard InChI is InChI=1S/C10H15N9OS/c1-12-7-14-8(18(2)3)16-9(15-7)19-5-13-10(17-19)21-4-6(11)20/h5H,4H2,1-3H3,(H2,11,20)(H,12,14,15,16). The van der Waals surface area contributed by atoms with Gasteiger partial charge in [0, 0.05) is 21.1 Å².